The van der Waals surface area contributed by atoms with Crippen LogP contribution < -0.4 is 10.7 Å². The van der Waals surface area contributed by atoms with E-state index in [2.05, 4.69) is 10.7 Å². The third-order valence-electron chi connectivity index (χ3n) is 6.14. The van der Waals surface area contributed by atoms with Gasteiger partial charge in [-0.25, -0.2) is 4.79 Å². The summed E-state index contributed by atoms with van der Waals surface area (Å²) in [5.41, 5.74) is 3.13. The van der Waals surface area contributed by atoms with Gasteiger partial charge in [0.15, 0.2) is 0 Å². The molecule has 2 aliphatic heterocycles. The molecule has 0 aromatic heterocycles. The summed E-state index contributed by atoms with van der Waals surface area (Å²) >= 11 is 6.18. The van der Waals surface area contributed by atoms with Gasteiger partial charge in [-0.1, -0.05) is 60.1 Å². The number of carbonyl (C=O) groups excluding carboxylic acids is 4. The number of halogens is 1. The number of rotatable bonds is 7. The largest absolute Gasteiger partial charge is 0.344 e. The monoisotopic (exact) mass is 468 g/mol. The highest BCUT2D eigenvalue weighted by atomic mass is 35.5. The second-order valence-corrected chi connectivity index (χ2v) is 9.04. The molecule has 5 amide bonds. The highest BCUT2D eigenvalue weighted by molar-refractivity contribution is 6.31. The van der Waals surface area contributed by atoms with Crippen molar-refractivity contribution in [2.75, 3.05) is 6.54 Å². The zero-order valence-corrected chi connectivity index (χ0v) is 19.0. The van der Waals surface area contributed by atoms with Crippen molar-refractivity contribution in [2.24, 2.45) is 5.92 Å². The first-order valence-electron chi connectivity index (χ1n) is 10.8. The number of aryl methyl sites for hydroxylation is 1. The Morgan fingerprint density at radius 1 is 1.12 bits per heavy atom. The van der Waals surface area contributed by atoms with Gasteiger partial charge in [-0.05, 0) is 37.0 Å². The Morgan fingerprint density at radius 3 is 2.55 bits per heavy atom. The highest BCUT2D eigenvalue weighted by Crippen LogP contribution is 2.25. The number of nitrogens with zero attached hydrogens (tertiary/aromatic N) is 2. The van der Waals surface area contributed by atoms with E-state index in [0.717, 1.165) is 16.1 Å². The summed E-state index contributed by atoms with van der Waals surface area (Å²) in [7, 11) is 0. The van der Waals surface area contributed by atoms with Gasteiger partial charge in [-0.15, -0.1) is 0 Å². The van der Waals surface area contributed by atoms with Crippen molar-refractivity contribution in [2.45, 2.75) is 38.3 Å². The molecule has 0 spiro atoms. The minimum atomic E-state index is -1.12. The molecule has 33 heavy (non-hydrogen) atoms. The lowest BCUT2D eigenvalue weighted by Gasteiger charge is -2.22. The summed E-state index contributed by atoms with van der Waals surface area (Å²) < 4.78 is 0. The number of hydrazine groups is 1. The Balaban J connectivity index is 1.36. The fourth-order valence-electron chi connectivity index (χ4n) is 4.13. The third-order valence-corrected chi connectivity index (χ3v) is 6.51. The van der Waals surface area contributed by atoms with Gasteiger partial charge in [0.25, 0.3) is 5.91 Å². The minimum absolute atomic E-state index is 0.00517. The lowest BCUT2D eigenvalue weighted by atomic mass is 9.93. The zero-order valence-electron chi connectivity index (χ0n) is 18.2. The maximum atomic E-state index is 13.0. The van der Waals surface area contributed by atoms with Crippen LogP contribution in [-0.4, -0.2) is 45.7 Å². The summed E-state index contributed by atoms with van der Waals surface area (Å²) in [5, 5.41) is 3.96. The summed E-state index contributed by atoms with van der Waals surface area (Å²) in [6.07, 6.45) is 0.992. The van der Waals surface area contributed by atoms with E-state index in [1.165, 1.54) is 0 Å². The fourth-order valence-corrected chi connectivity index (χ4v) is 4.32. The van der Waals surface area contributed by atoms with Crippen LogP contribution in [0.2, 0.25) is 5.02 Å². The fraction of sp³-hybridized carbons (Fsp3) is 0.333. The predicted molar refractivity (Wildman–Crippen MR) is 122 cm³/mol. The number of carbonyl (C=O) groups is 4. The van der Waals surface area contributed by atoms with Crippen LogP contribution in [0.1, 0.15) is 30.9 Å². The molecule has 2 atom stereocenters. The van der Waals surface area contributed by atoms with Crippen molar-refractivity contribution in [3.8, 4) is 0 Å². The second kappa shape index (κ2) is 9.23. The van der Waals surface area contributed by atoms with Crippen molar-refractivity contribution in [1.29, 1.82) is 0 Å². The number of imide groups is 1. The smallest absolute Gasteiger partial charge is 0.337 e. The molecule has 172 valence electrons. The van der Waals surface area contributed by atoms with Crippen LogP contribution in [0.25, 0.3) is 0 Å². The van der Waals surface area contributed by atoms with E-state index in [1.807, 2.05) is 42.5 Å². The number of hydrogen-bond donors (Lipinski definition) is 2. The summed E-state index contributed by atoms with van der Waals surface area (Å²) in [5.74, 6) is -1.91. The maximum absolute atomic E-state index is 13.0. The van der Waals surface area contributed by atoms with E-state index in [0.29, 0.717) is 24.4 Å². The van der Waals surface area contributed by atoms with Gasteiger partial charge in [0, 0.05) is 24.5 Å². The van der Waals surface area contributed by atoms with E-state index >= 15 is 0 Å². The molecule has 2 saturated heterocycles. The van der Waals surface area contributed by atoms with E-state index in [9.17, 15) is 19.2 Å². The molecule has 8 nitrogen and oxygen atoms in total. The molecule has 0 saturated carbocycles. The van der Waals surface area contributed by atoms with Gasteiger partial charge >= 0.3 is 6.03 Å². The van der Waals surface area contributed by atoms with Crippen LogP contribution in [0.3, 0.4) is 0 Å². The van der Waals surface area contributed by atoms with Crippen LogP contribution in [0, 0.1) is 5.92 Å². The molecule has 2 aliphatic rings. The van der Waals surface area contributed by atoms with Crippen molar-refractivity contribution in [1.82, 2.24) is 20.7 Å². The Hall–Kier alpha value is -3.39. The molecular weight excluding hydrogens is 444 g/mol. The van der Waals surface area contributed by atoms with Gasteiger partial charge in [0.2, 0.25) is 11.8 Å². The number of nitrogens with one attached hydrogen (secondary N) is 2. The van der Waals surface area contributed by atoms with Gasteiger partial charge < -0.3 is 10.2 Å². The highest BCUT2D eigenvalue weighted by Gasteiger charge is 2.49. The molecular formula is C24H25ClN4O4. The van der Waals surface area contributed by atoms with Crippen LogP contribution in [0.4, 0.5) is 4.79 Å². The van der Waals surface area contributed by atoms with Gasteiger partial charge in [0.1, 0.15) is 5.54 Å². The Kier molecular flexibility index (Phi) is 6.37. The lowest BCUT2D eigenvalue weighted by molar-refractivity contribution is -0.140. The molecule has 2 N–H and O–H groups in total. The number of amides is 5. The molecule has 2 aromatic carbocycles. The maximum Gasteiger partial charge on any atom is 0.344 e. The second-order valence-electron chi connectivity index (χ2n) is 8.63. The van der Waals surface area contributed by atoms with Gasteiger partial charge in [-0.2, -0.15) is 5.01 Å². The Bertz CT molecular complexity index is 1090. The minimum Gasteiger partial charge on any atom is -0.337 e. The van der Waals surface area contributed by atoms with E-state index < -0.39 is 29.3 Å². The van der Waals surface area contributed by atoms with Crippen LogP contribution in [-0.2, 0) is 27.3 Å². The van der Waals surface area contributed by atoms with Crippen molar-refractivity contribution >= 4 is 35.4 Å². The Labute approximate surface area is 196 Å². The molecule has 2 heterocycles. The first kappa shape index (κ1) is 22.8. The first-order chi connectivity index (χ1) is 15.8. The summed E-state index contributed by atoms with van der Waals surface area (Å²) in [6, 6.07) is 16.2. The molecule has 0 aliphatic carbocycles. The molecule has 2 aromatic rings. The molecule has 9 heteroatoms. The first-order valence-corrected chi connectivity index (χ1v) is 11.2. The molecule has 0 bridgehead atoms. The Morgan fingerprint density at radius 2 is 1.82 bits per heavy atom. The normalized spacial score (nSPS) is 22.6. The van der Waals surface area contributed by atoms with E-state index in [-0.39, 0.29) is 18.9 Å². The average Bonchev–Trinajstić information content (AvgIpc) is 3.27. The number of hydrogen-bond acceptors (Lipinski definition) is 4. The average molecular weight is 469 g/mol. The van der Waals surface area contributed by atoms with E-state index in [1.54, 1.807) is 24.0 Å². The van der Waals surface area contributed by atoms with Crippen LogP contribution in [0.5, 0.6) is 0 Å². The number of benzene rings is 2. The molecule has 0 radical (unpaired) electrons. The topological polar surface area (TPSA) is 98.8 Å². The van der Waals surface area contributed by atoms with Gasteiger partial charge in [-0.3, -0.25) is 19.8 Å². The van der Waals surface area contributed by atoms with Gasteiger partial charge in [0.05, 0.1) is 5.92 Å². The standard InChI is InChI=1S/C24H25ClN4O4/c1-24(12-11-16-7-3-2-4-8-16)22(32)29(23(33)26-24)27-21(31)18-13-20(30)28(15-18)14-17-9-5-6-10-19(17)25/h2-10,18H,11-15H2,1H3,(H,26,33)(H,27,31). The number of likely N-dealkylation sites (tertiary alicyclic amines) is 1. The molecule has 4 rings (SSSR count). The van der Waals surface area contributed by atoms with Crippen LogP contribution in [0.15, 0.2) is 54.6 Å². The van der Waals surface area contributed by atoms with Crippen molar-refractivity contribution in [3.63, 3.8) is 0 Å². The van der Waals surface area contributed by atoms with E-state index in [4.69, 9.17) is 11.6 Å². The molecule has 2 fully saturated rings. The van der Waals surface area contributed by atoms with Crippen LogP contribution >= 0.6 is 11.6 Å². The van der Waals surface area contributed by atoms with Crippen molar-refractivity contribution < 1.29 is 19.2 Å². The lowest BCUT2D eigenvalue weighted by Crippen LogP contribution is -2.50. The number of urea groups is 1. The van der Waals surface area contributed by atoms with Crippen molar-refractivity contribution in [3.05, 3.63) is 70.7 Å². The summed E-state index contributed by atoms with van der Waals surface area (Å²) in [6.45, 7) is 2.13. The quantitative estimate of drug-likeness (QED) is 0.610. The third kappa shape index (κ3) is 4.85. The SMILES string of the molecule is CC1(CCc2ccccc2)NC(=O)N(NC(=O)C2CC(=O)N(Cc3ccccc3Cl)C2)C1=O. The zero-order chi connectivity index (χ0) is 23.6. The predicted octanol–water partition coefficient (Wildman–Crippen LogP) is 2.66. The summed E-state index contributed by atoms with van der Waals surface area (Å²) in [4.78, 5) is 52.2. The molecule has 2 unspecified atom stereocenters.